The number of nitrogens with zero attached hydrogens (tertiary/aromatic N) is 4. The Bertz CT molecular complexity index is 1800. The maximum Gasteiger partial charge on any atom is 0.282 e. The lowest BCUT2D eigenvalue weighted by atomic mass is 10.2. The molecule has 0 aliphatic heterocycles. The van der Waals surface area contributed by atoms with Gasteiger partial charge in [-0.05, 0) is 74.3 Å². The summed E-state index contributed by atoms with van der Waals surface area (Å²) in [6, 6.07) is 18.1. The molecule has 0 fully saturated rings. The van der Waals surface area contributed by atoms with Gasteiger partial charge in [-0.3, -0.25) is 4.79 Å². The van der Waals surface area contributed by atoms with Gasteiger partial charge < -0.3 is 13.9 Å². The van der Waals surface area contributed by atoms with E-state index in [4.69, 9.17) is 24.1 Å². The first-order chi connectivity index (χ1) is 17.9. The molecule has 8 nitrogen and oxygen atoms in total. The highest BCUT2D eigenvalue weighted by Gasteiger charge is 2.19. The van der Waals surface area contributed by atoms with E-state index in [0.717, 1.165) is 9.86 Å². The highest BCUT2D eigenvalue weighted by atomic mass is 79.9. The predicted octanol–water partition coefficient (Wildman–Crippen LogP) is 6.89. The Hall–Kier alpha value is -3.46. The summed E-state index contributed by atoms with van der Waals surface area (Å²) in [6.45, 7) is -0.148. The summed E-state index contributed by atoms with van der Waals surface area (Å²) in [6.07, 6.45) is 1.51. The van der Waals surface area contributed by atoms with Crippen LogP contribution in [-0.4, -0.2) is 29.6 Å². The van der Waals surface area contributed by atoms with Crippen LogP contribution in [0.1, 0.15) is 5.56 Å². The molecule has 2 heterocycles. The molecule has 0 spiro atoms. The Morgan fingerprint density at radius 1 is 1.14 bits per heavy atom. The van der Waals surface area contributed by atoms with Crippen LogP contribution in [0.15, 0.2) is 82.3 Å². The Morgan fingerprint density at radius 2 is 1.95 bits per heavy atom. The number of ether oxygens (including phenoxy) is 2. The first-order valence-electron chi connectivity index (χ1n) is 10.7. The van der Waals surface area contributed by atoms with E-state index in [1.165, 1.54) is 18.0 Å². The van der Waals surface area contributed by atoms with Gasteiger partial charge in [0.2, 0.25) is 5.82 Å². The van der Waals surface area contributed by atoms with Crippen LogP contribution in [0.2, 0.25) is 0 Å². The number of rotatable bonds is 6. The molecule has 0 aliphatic rings. The van der Waals surface area contributed by atoms with Crippen LogP contribution in [0, 0.1) is 11.3 Å². The summed E-state index contributed by atoms with van der Waals surface area (Å²) in [5, 5.41) is 14.7. The average Bonchev–Trinajstić information content (AvgIpc) is 3.32. The van der Waals surface area contributed by atoms with Gasteiger partial charge in [0.1, 0.15) is 11.7 Å². The van der Waals surface area contributed by atoms with E-state index in [1.807, 2.05) is 36.4 Å². The van der Waals surface area contributed by atoms with E-state index in [1.54, 1.807) is 24.3 Å². The quantitative estimate of drug-likeness (QED) is 0.180. The van der Waals surface area contributed by atoms with Crippen molar-refractivity contribution < 1.29 is 13.9 Å². The lowest BCUT2D eigenvalue weighted by molar-refractivity contribution is 0.327. The van der Waals surface area contributed by atoms with Gasteiger partial charge in [-0.1, -0.05) is 28.1 Å². The van der Waals surface area contributed by atoms with E-state index >= 15 is 0 Å². The summed E-state index contributed by atoms with van der Waals surface area (Å²) < 4.78 is 20.2. The van der Waals surface area contributed by atoms with Crippen molar-refractivity contribution in [1.29, 1.82) is 5.26 Å². The molecule has 0 unspecified atom stereocenters. The van der Waals surface area contributed by atoms with Gasteiger partial charge in [0.25, 0.3) is 5.56 Å². The van der Waals surface area contributed by atoms with E-state index < -0.39 is 0 Å². The monoisotopic (exact) mass is 684 g/mol. The second-order valence-corrected chi connectivity index (χ2v) is 10.2. The highest BCUT2D eigenvalue weighted by Crippen LogP contribution is 2.42. The minimum Gasteiger partial charge on any atom is -0.493 e. The molecule has 0 saturated heterocycles. The maximum absolute atomic E-state index is 13.5. The van der Waals surface area contributed by atoms with Crippen LogP contribution < -0.4 is 15.0 Å². The molecule has 0 atom stereocenters. The molecule has 0 saturated carbocycles. The molecule has 5 rings (SSSR count). The fourth-order valence-corrected chi connectivity index (χ4v) is 5.04. The Morgan fingerprint density at radius 3 is 2.73 bits per heavy atom. The van der Waals surface area contributed by atoms with Crippen molar-refractivity contribution in [3.8, 4) is 29.2 Å². The standard InChI is InChI=1S/C26H15Br3N4O4/c1-35-20-12-15(22(28)23(29)24(20)36-9-8-30)13-31-33-25(32-18-5-3-2-4-17(18)26(33)34)21-11-14-10-16(27)6-7-19(14)37-21/h2-7,10-13H,9H2,1H3. The van der Waals surface area contributed by atoms with Gasteiger partial charge in [-0.15, -0.1) is 0 Å². The number of methoxy groups -OCH3 is 1. The first-order valence-corrected chi connectivity index (χ1v) is 13.1. The number of benzene rings is 3. The number of halogens is 3. The molecule has 0 radical (unpaired) electrons. The molecule has 11 heteroatoms. The van der Waals surface area contributed by atoms with Crippen molar-refractivity contribution in [2.45, 2.75) is 0 Å². The lowest BCUT2D eigenvalue weighted by Gasteiger charge is -2.13. The number of aromatic nitrogens is 2. The number of hydrogen-bond acceptors (Lipinski definition) is 7. The number of nitriles is 1. The van der Waals surface area contributed by atoms with Gasteiger partial charge in [-0.2, -0.15) is 15.0 Å². The first kappa shape index (κ1) is 25.2. The highest BCUT2D eigenvalue weighted by molar-refractivity contribution is 9.13. The average molecular weight is 687 g/mol. The minimum absolute atomic E-state index is 0.148. The molecular weight excluding hydrogens is 672 g/mol. The second kappa shape index (κ2) is 10.5. The molecule has 0 amide bonds. The van der Waals surface area contributed by atoms with E-state index in [0.29, 0.717) is 48.3 Å². The molecule has 3 aromatic carbocycles. The molecule has 184 valence electrons. The van der Waals surface area contributed by atoms with E-state index in [9.17, 15) is 4.79 Å². The molecule has 37 heavy (non-hydrogen) atoms. The predicted molar refractivity (Wildman–Crippen MR) is 151 cm³/mol. The third-order valence-electron chi connectivity index (χ3n) is 5.42. The topological polar surface area (TPSA) is 103 Å². The van der Waals surface area contributed by atoms with Crippen LogP contribution in [0.3, 0.4) is 0 Å². The zero-order chi connectivity index (χ0) is 26.1. The summed E-state index contributed by atoms with van der Waals surface area (Å²) in [7, 11) is 1.49. The summed E-state index contributed by atoms with van der Waals surface area (Å²) >= 11 is 10.5. The van der Waals surface area contributed by atoms with Gasteiger partial charge in [0.05, 0.1) is 28.7 Å². The fourth-order valence-electron chi connectivity index (χ4n) is 3.72. The molecule has 2 aromatic heterocycles. The Kier molecular flexibility index (Phi) is 7.15. The molecule has 5 aromatic rings. The second-order valence-electron chi connectivity index (χ2n) is 7.68. The van der Waals surface area contributed by atoms with Crippen molar-refractivity contribution in [1.82, 2.24) is 9.66 Å². The summed E-state index contributed by atoms with van der Waals surface area (Å²) in [5.74, 6) is 1.40. The lowest BCUT2D eigenvalue weighted by Crippen LogP contribution is -2.20. The minimum atomic E-state index is -0.352. The van der Waals surface area contributed by atoms with Crippen molar-refractivity contribution in [2.24, 2.45) is 5.10 Å². The number of furan rings is 1. The van der Waals surface area contributed by atoms with Crippen LogP contribution in [-0.2, 0) is 0 Å². The van der Waals surface area contributed by atoms with Crippen molar-refractivity contribution in [3.63, 3.8) is 0 Å². The van der Waals surface area contributed by atoms with Crippen LogP contribution in [0.5, 0.6) is 11.5 Å². The Labute approximate surface area is 235 Å². The number of hydrogen-bond donors (Lipinski definition) is 0. The van der Waals surface area contributed by atoms with E-state index in [-0.39, 0.29) is 18.0 Å². The van der Waals surface area contributed by atoms with Gasteiger partial charge >= 0.3 is 0 Å². The Balaban J connectivity index is 1.69. The van der Waals surface area contributed by atoms with Gasteiger partial charge in [-0.25, -0.2) is 4.98 Å². The molecular formula is C26H15Br3N4O4. The SMILES string of the molecule is COc1cc(C=Nn2c(-c3cc4cc(Br)ccc4o3)nc3ccccc3c2=O)c(Br)c(Br)c1OCC#N. The third-order valence-corrected chi connectivity index (χ3v) is 8.06. The maximum atomic E-state index is 13.5. The van der Waals surface area contributed by atoms with Crippen LogP contribution in [0.25, 0.3) is 33.5 Å². The van der Waals surface area contributed by atoms with Gasteiger partial charge in [0.15, 0.2) is 23.9 Å². The molecule has 0 bridgehead atoms. The van der Waals surface area contributed by atoms with E-state index in [2.05, 4.69) is 52.9 Å². The van der Waals surface area contributed by atoms with Crippen molar-refractivity contribution in [2.75, 3.05) is 13.7 Å². The van der Waals surface area contributed by atoms with Crippen molar-refractivity contribution >= 4 is 75.9 Å². The number of fused-ring (bicyclic) bond motifs is 2. The van der Waals surface area contributed by atoms with Crippen molar-refractivity contribution in [3.05, 3.63) is 83.9 Å². The summed E-state index contributed by atoms with van der Waals surface area (Å²) in [5.41, 5.74) is 1.42. The largest absolute Gasteiger partial charge is 0.493 e. The van der Waals surface area contributed by atoms with Crippen LogP contribution >= 0.6 is 47.8 Å². The third kappa shape index (κ3) is 4.80. The normalized spacial score (nSPS) is 11.3. The molecule has 0 aliphatic carbocycles. The van der Waals surface area contributed by atoms with Gasteiger partial charge in [0, 0.05) is 19.9 Å². The molecule has 0 N–H and O–H groups in total. The summed E-state index contributed by atoms with van der Waals surface area (Å²) in [4.78, 5) is 18.2. The fraction of sp³-hybridized carbons (Fsp3) is 0.0769. The van der Waals surface area contributed by atoms with Crippen LogP contribution in [0.4, 0.5) is 0 Å². The number of para-hydroxylation sites is 1. The zero-order valence-corrected chi connectivity index (χ0v) is 23.8. The smallest absolute Gasteiger partial charge is 0.282 e. The zero-order valence-electron chi connectivity index (χ0n) is 19.0.